The minimum atomic E-state index is 0.00719. The van der Waals surface area contributed by atoms with Gasteiger partial charge in [0.2, 0.25) is 5.91 Å². The quantitative estimate of drug-likeness (QED) is 0.729. The van der Waals surface area contributed by atoms with Gasteiger partial charge in [0.25, 0.3) is 0 Å². The standard InChI is InChI=1S/C13H24N2O/c1-4-5-11(2)15-9-8-14(3)12(16)13(10-15)6-7-13/h11H,4-10H2,1-3H3. The molecule has 0 aromatic rings. The van der Waals surface area contributed by atoms with Gasteiger partial charge in [-0.2, -0.15) is 0 Å². The number of hydrogen-bond acceptors (Lipinski definition) is 2. The maximum absolute atomic E-state index is 12.2. The third-order valence-electron chi connectivity index (χ3n) is 4.21. The summed E-state index contributed by atoms with van der Waals surface area (Å²) in [5.41, 5.74) is 0.00719. The third-order valence-corrected chi connectivity index (χ3v) is 4.21. The fraction of sp³-hybridized carbons (Fsp3) is 0.923. The van der Waals surface area contributed by atoms with Crippen LogP contribution in [0.1, 0.15) is 39.5 Å². The molecule has 1 amide bonds. The van der Waals surface area contributed by atoms with E-state index in [2.05, 4.69) is 18.7 Å². The van der Waals surface area contributed by atoms with E-state index in [4.69, 9.17) is 0 Å². The van der Waals surface area contributed by atoms with Crippen molar-refractivity contribution in [2.45, 2.75) is 45.6 Å². The molecule has 1 saturated carbocycles. The molecule has 16 heavy (non-hydrogen) atoms. The summed E-state index contributed by atoms with van der Waals surface area (Å²) in [4.78, 5) is 16.6. The molecule has 1 aliphatic carbocycles. The van der Waals surface area contributed by atoms with Crippen LogP contribution in [0.4, 0.5) is 0 Å². The van der Waals surface area contributed by atoms with Crippen LogP contribution in [0.5, 0.6) is 0 Å². The summed E-state index contributed by atoms with van der Waals surface area (Å²) in [5, 5.41) is 0. The number of nitrogens with zero attached hydrogens (tertiary/aromatic N) is 2. The lowest BCUT2D eigenvalue weighted by atomic mass is 10.0. The van der Waals surface area contributed by atoms with Crippen LogP contribution in [0.2, 0.25) is 0 Å². The number of amides is 1. The van der Waals surface area contributed by atoms with E-state index in [0.29, 0.717) is 11.9 Å². The summed E-state index contributed by atoms with van der Waals surface area (Å²) in [7, 11) is 1.95. The van der Waals surface area contributed by atoms with Gasteiger partial charge in [-0.25, -0.2) is 0 Å². The predicted molar refractivity (Wildman–Crippen MR) is 65.2 cm³/mol. The van der Waals surface area contributed by atoms with Gasteiger partial charge in [-0.3, -0.25) is 9.69 Å². The van der Waals surface area contributed by atoms with Gasteiger partial charge in [0.1, 0.15) is 0 Å². The maximum Gasteiger partial charge on any atom is 0.229 e. The summed E-state index contributed by atoms with van der Waals surface area (Å²) >= 11 is 0. The van der Waals surface area contributed by atoms with Gasteiger partial charge in [0.15, 0.2) is 0 Å². The molecule has 0 N–H and O–H groups in total. The second-order valence-corrected chi connectivity index (χ2v) is 5.62. The topological polar surface area (TPSA) is 23.6 Å². The van der Waals surface area contributed by atoms with Crippen LogP contribution in [0.25, 0.3) is 0 Å². The smallest absolute Gasteiger partial charge is 0.229 e. The second-order valence-electron chi connectivity index (χ2n) is 5.62. The van der Waals surface area contributed by atoms with Gasteiger partial charge in [-0.05, 0) is 26.2 Å². The number of carbonyl (C=O) groups excluding carboxylic acids is 1. The normalized spacial score (nSPS) is 26.9. The molecular formula is C13H24N2O. The zero-order chi connectivity index (χ0) is 11.8. The van der Waals surface area contributed by atoms with E-state index in [1.807, 2.05) is 11.9 Å². The minimum absolute atomic E-state index is 0.00719. The second kappa shape index (κ2) is 4.36. The summed E-state index contributed by atoms with van der Waals surface area (Å²) in [6, 6.07) is 0.627. The highest BCUT2D eigenvalue weighted by Crippen LogP contribution is 2.48. The molecule has 0 aromatic carbocycles. The summed E-state index contributed by atoms with van der Waals surface area (Å²) in [6.45, 7) is 7.48. The highest BCUT2D eigenvalue weighted by molar-refractivity contribution is 5.85. The highest BCUT2D eigenvalue weighted by Gasteiger charge is 2.53. The Morgan fingerprint density at radius 2 is 2.06 bits per heavy atom. The monoisotopic (exact) mass is 224 g/mol. The van der Waals surface area contributed by atoms with Gasteiger partial charge in [0.05, 0.1) is 5.41 Å². The zero-order valence-corrected chi connectivity index (χ0v) is 10.8. The molecule has 1 heterocycles. The van der Waals surface area contributed by atoms with Crippen molar-refractivity contribution >= 4 is 5.91 Å². The molecule has 2 rings (SSSR count). The van der Waals surface area contributed by atoms with E-state index < -0.39 is 0 Å². The van der Waals surface area contributed by atoms with E-state index in [1.54, 1.807) is 0 Å². The molecule has 2 fully saturated rings. The first-order valence-corrected chi connectivity index (χ1v) is 6.59. The fourth-order valence-corrected chi connectivity index (χ4v) is 2.82. The van der Waals surface area contributed by atoms with Crippen LogP contribution < -0.4 is 0 Å². The molecule has 1 aliphatic heterocycles. The lowest BCUT2D eigenvalue weighted by Gasteiger charge is -2.28. The maximum atomic E-state index is 12.2. The molecule has 1 atom stereocenters. The molecule has 3 nitrogen and oxygen atoms in total. The Bertz CT molecular complexity index is 273. The zero-order valence-electron chi connectivity index (χ0n) is 10.8. The molecule has 2 aliphatic rings. The molecule has 0 radical (unpaired) electrons. The lowest BCUT2D eigenvalue weighted by molar-refractivity contribution is -0.134. The highest BCUT2D eigenvalue weighted by atomic mass is 16.2. The molecule has 0 aromatic heterocycles. The van der Waals surface area contributed by atoms with Crippen LogP contribution in [-0.2, 0) is 4.79 Å². The van der Waals surface area contributed by atoms with Crippen LogP contribution in [-0.4, -0.2) is 48.4 Å². The van der Waals surface area contributed by atoms with E-state index >= 15 is 0 Å². The van der Waals surface area contributed by atoms with E-state index in [-0.39, 0.29) is 5.41 Å². The van der Waals surface area contributed by atoms with Crippen LogP contribution in [0, 0.1) is 5.41 Å². The first kappa shape index (κ1) is 11.9. The molecule has 1 spiro atoms. The number of carbonyl (C=O) groups is 1. The third kappa shape index (κ3) is 2.10. The van der Waals surface area contributed by atoms with Crippen molar-refractivity contribution in [3.8, 4) is 0 Å². The Kier molecular flexibility index (Phi) is 3.24. The SMILES string of the molecule is CCCC(C)N1CCN(C)C(=O)C2(CC2)C1. The van der Waals surface area contributed by atoms with Crippen LogP contribution in [0.3, 0.4) is 0 Å². The van der Waals surface area contributed by atoms with Gasteiger partial charge in [-0.15, -0.1) is 0 Å². The molecule has 0 bridgehead atoms. The summed E-state index contributed by atoms with van der Waals surface area (Å²) in [6.07, 6.45) is 4.68. The Balaban J connectivity index is 2.05. The van der Waals surface area contributed by atoms with E-state index in [9.17, 15) is 4.79 Å². The average molecular weight is 224 g/mol. The van der Waals surface area contributed by atoms with Crippen molar-refractivity contribution in [2.24, 2.45) is 5.41 Å². The first-order valence-electron chi connectivity index (χ1n) is 6.59. The van der Waals surface area contributed by atoms with Crippen molar-refractivity contribution in [3.63, 3.8) is 0 Å². The number of likely N-dealkylation sites (N-methyl/N-ethyl adjacent to an activating group) is 1. The average Bonchev–Trinajstić information content (AvgIpc) is 3.04. The fourth-order valence-electron chi connectivity index (χ4n) is 2.82. The summed E-state index contributed by atoms with van der Waals surface area (Å²) < 4.78 is 0. The Labute approximate surface area is 98.8 Å². The van der Waals surface area contributed by atoms with Gasteiger partial charge >= 0.3 is 0 Å². The Morgan fingerprint density at radius 3 is 2.62 bits per heavy atom. The molecular weight excluding hydrogens is 200 g/mol. The Morgan fingerprint density at radius 1 is 1.38 bits per heavy atom. The molecule has 3 heteroatoms. The molecule has 1 unspecified atom stereocenters. The first-order chi connectivity index (χ1) is 7.59. The van der Waals surface area contributed by atoms with Crippen molar-refractivity contribution < 1.29 is 4.79 Å². The van der Waals surface area contributed by atoms with Gasteiger partial charge in [0, 0.05) is 32.7 Å². The number of hydrogen-bond donors (Lipinski definition) is 0. The number of rotatable bonds is 3. The lowest BCUT2D eigenvalue weighted by Crippen LogP contribution is -2.38. The van der Waals surface area contributed by atoms with Crippen LogP contribution in [0.15, 0.2) is 0 Å². The summed E-state index contributed by atoms with van der Waals surface area (Å²) in [5.74, 6) is 0.388. The largest absolute Gasteiger partial charge is 0.344 e. The van der Waals surface area contributed by atoms with Crippen molar-refractivity contribution in [1.82, 2.24) is 9.80 Å². The van der Waals surface area contributed by atoms with Gasteiger partial charge < -0.3 is 4.90 Å². The van der Waals surface area contributed by atoms with E-state index in [0.717, 1.165) is 32.5 Å². The Hall–Kier alpha value is -0.570. The molecule has 92 valence electrons. The van der Waals surface area contributed by atoms with Crippen molar-refractivity contribution in [1.29, 1.82) is 0 Å². The van der Waals surface area contributed by atoms with Crippen LogP contribution >= 0.6 is 0 Å². The predicted octanol–water partition coefficient (Wildman–Crippen LogP) is 1.73. The van der Waals surface area contributed by atoms with Crippen molar-refractivity contribution in [3.05, 3.63) is 0 Å². The van der Waals surface area contributed by atoms with Crippen molar-refractivity contribution in [2.75, 3.05) is 26.7 Å². The molecule has 1 saturated heterocycles. The van der Waals surface area contributed by atoms with Gasteiger partial charge in [-0.1, -0.05) is 13.3 Å². The minimum Gasteiger partial charge on any atom is -0.344 e. The van der Waals surface area contributed by atoms with E-state index in [1.165, 1.54) is 12.8 Å².